The van der Waals surface area contributed by atoms with Crippen molar-refractivity contribution in [3.63, 3.8) is 0 Å². The summed E-state index contributed by atoms with van der Waals surface area (Å²) in [4.78, 5) is 0.194. The molecule has 0 aliphatic carbocycles. The van der Waals surface area contributed by atoms with Crippen LogP contribution in [0, 0.1) is 0 Å². The summed E-state index contributed by atoms with van der Waals surface area (Å²) < 4.78 is 21.9. The van der Waals surface area contributed by atoms with Crippen LogP contribution in [0.15, 0.2) is 29.2 Å². The summed E-state index contributed by atoms with van der Waals surface area (Å²) in [5, 5.41) is 0. The summed E-state index contributed by atoms with van der Waals surface area (Å²) in [6, 6.07) is 6.40. The van der Waals surface area contributed by atoms with Crippen LogP contribution in [0.1, 0.15) is 0 Å². The average molecular weight is 244 g/mol. The Hall–Kier alpha value is -0.450. The molecule has 0 aliphatic heterocycles. The molecule has 0 bridgehead atoms. The van der Waals surface area contributed by atoms with Crippen molar-refractivity contribution < 1.29 is 8.42 Å². The molecule has 0 atom stereocenters. The number of hydrogen-bond donors (Lipinski definition) is 1. The molecule has 0 radical (unpaired) electrons. The minimum Gasteiger partial charge on any atom is -0.398 e. The molecule has 0 heterocycles. The van der Waals surface area contributed by atoms with Gasteiger partial charge in [0.15, 0.2) is 9.84 Å². The van der Waals surface area contributed by atoms with E-state index < -0.39 is 9.84 Å². The number of hydrogen-bond acceptors (Lipinski definition) is 3. The number of nitrogens with two attached hydrogens (primary N) is 1. The lowest BCUT2D eigenvalue weighted by Gasteiger charge is -2.00. The molecule has 0 aliphatic rings. The maximum atomic E-state index is 11.0. The smallest absolute Gasteiger partial charge is 0.177 e. The third-order valence-corrected chi connectivity index (χ3v) is 2.49. The largest absolute Gasteiger partial charge is 0.398 e. The van der Waals surface area contributed by atoms with E-state index in [1.165, 1.54) is 6.07 Å². The fraction of sp³-hybridized carbons (Fsp3) is 0.143. The van der Waals surface area contributed by atoms with Crippen LogP contribution in [-0.2, 0) is 9.84 Å². The summed E-state index contributed by atoms with van der Waals surface area (Å²) in [5.41, 5.74) is 5.73. The van der Waals surface area contributed by atoms with Gasteiger partial charge in [-0.3, -0.25) is 0 Å². The summed E-state index contributed by atoms with van der Waals surface area (Å²) >= 11 is 0. The molecule has 0 saturated carbocycles. The second-order valence-electron chi connectivity index (χ2n) is 2.31. The maximum Gasteiger partial charge on any atom is 0.177 e. The summed E-state index contributed by atoms with van der Waals surface area (Å²) in [6.45, 7) is 0. The lowest BCUT2D eigenvalue weighted by atomic mass is 10.3. The van der Waals surface area contributed by atoms with Crippen LogP contribution in [0.3, 0.4) is 0 Å². The third-order valence-electron chi connectivity index (χ3n) is 1.32. The Bertz CT molecular complexity index is 365. The number of sulfone groups is 1. The highest BCUT2D eigenvalue weighted by molar-refractivity contribution is 7.90. The van der Waals surface area contributed by atoms with E-state index in [4.69, 9.17) is 5.73 Å². The Morgan fingerprint density at radius 1 is 1.15 bits per heavy atom. The summed E-state index contributed by atoms with van der Waals surface area (Å²) in [7, 11) is -3.16. The average Bonchev–Trinajstić information content (AvgIpc) is 1.86. The highest BCUT2D eigenvalue weighted by Gasteiger charge is 2.08. The second-order valence-corrected chi connectivity index (χ2v) is 4.29. The van der Waals surface area contributed by atoms with Crippen molar-refractivity contribution in [2.24, 2.45) is 0 Å². The van der Waals surface area contributed by atoms with Gasteiger partial charge >= 0.3 is 0 Å². The molecule has 2 N–H and O–H groups in total. The van der Waals surface area contributed by atoms with Gasteiger partial charge in [-0.1, -0.05) is 12.1 Å². The van der Waals surface area contributed by atoms with Crippen molar-refractivity contribution in [1.82, 2.24) is 0 Å². The Balaban J connectivity index is 0. The van der Waals surface area contributed by atoms with Crippen molar-refractivity contribution in [1.29, 1.82) is 0 Å². The minimum atomic E-state index is -3.16. The Kier molecular flexibility index (Phi) is 6.15. The molecular formula is C7H11Cl2NO2S. The molecule has 13 heavy (non-hydrogen) atoms. The zero-order valence-corrected chi connectivity index (χ0v) is 9.38. The molecular weight excluding hydrogens is 233 g/mol. The first-order valence-electron chi connectivity index (χ1n) is 3.06. The highest BCUT2D eigenvalue weighted by Crippen LogP contribution is 2.15. The first kappa shape index (κ1) is 15.0. The van der Waals surface area contributed by atoms with Gasteiger partial charge in [-0.05, 0) is 12.1 Å². The maximum absolute atomic E-state index is 11.0. The predicted molar refractivity (Wildman–Crippen MR) is 58.5 cm³/mol. The zero-order chi connectivity index (χ0) is 8.48. The second kappa shape index (κ2) is 5.32. The first-order valence-corrected chi connectivity index (χ1v) is 4.95. The van der Waals surface area contributed by atoms with E-state index >= 15 is 0 Å². The van der Waals surface area contributed by atoms with E-state index in [0.29, 0.717) is 5.69 Å². The minimum absolute atomic E-state index is 0. The molecule has 1 aromatic rings. The number of halogens is 2. The molecule has 0 saturated heterocycles. The van der Waals surface area contributed by atoms with Gasteiger partial charge < -0.3 is 5.73 Å². The molecule has 1 rings (SSSR count). The van der Waals surface area contributed by atoms with E-state index in [2.05, 4.69) is 0 Å². The first-order chi connectivity index (χ1) is 5.02. The number of benzene rings is 1. The van der Waals surface area contributed by atoms with Gasteiger partial charge in [0, 0.05) is 6.26 Å². The summed E-state index contributed by atoms with van der Waals surface area (Å²) in [5.74, 6) is 0. The molecule has 0 spiro atoms. The van der Waals surface area contributed by atoms with Crippen LogP contribution in [0.2, 0.25) is 0 Å². The highest BCUT2D eigenvalue weighted by atomic mass is 35.5. The lowest BCUT2D eigenvalue weighted by molar-refractivity contribution is 0.602. The van der Waals surface area contributed by atoms with E-state index in [1.54, 1.807) is 18.2 Å². The van der Waals surface area contributed by atoms with Gasteiger partial charge in [0.05, 0.1) is 10.6 Å². The van der Waals surface area contributed by atoms with E-state index in [0.717, 1.165) is 6.26 Å². The van der Waals surface area contributed by atoms with Crippen molar-refractivity contribution in [2.75, 3.05) is 12.0 Å². The standard InChI is InChI=1S/C7H9NO2S.2ClH/c1-11(9,10)7-5-3-2-4-6(7)8;;/h2-5H,8H2,1H3;2*1H. The monoisotopic (exact) mass is 243 g/mol. The van der Waals surface area contributed by atoms with Crippen molar-refractivity contribution in [2.45, 2.75) is 4.90 Å². The molecule has 0 amide bonds. The van der Waals surface area contributed by atoms with E-state index in [-0.39, 0.29) is 29.7 Å². The fourth-order valence-electron chi connectivity index (χ4n) is 0.818. The predicted octanol–water partition coefficient (Wildman–Crippen LogP) is 1.52. The lowest BCUT2D eigenvalue weighted by Crippen LogP contribution is -2.01. The fourth-order valence-corrected chi connectivity index (χ4v) is 1.64. The summed E-state index contributed by atoms with van der Waals surface area (Å²) in [6.07, 6.45) is 1.14. The molecule has 76 valence electrons. The normalized spacial score (nSPS) is 9.62. The van der Waals surface area contributed by atoms with Crippen molar-refractivity contribution in [3.05, 3.63) is 24.3 Å². The van der Waals surface area contributed by atoms with E-state index in [9.17, 15) is 8.42 Å². The quantitative estimate of drug-likeness (QED) is 0.762. The Morgan fingerprint density at radius 3 is 1.92 bits per heavy atom. The molecule has 3 nitrogen and oxygen atoms in total. The van der Waals surface area contributed by atoms with Gasteiger partial charge in [0.25, 0.3) is 0 Å². The third kappa shape index (κ3) is 3.85. The topological polar surface area (TPSA) is 60.2 Å². The number of para-hydroxylation sites is 1. The van der Waals surface area contributed by atoms with Gasteiger partial charge in [0.1, 0.15) is 0 Å². The molecule has 6 heteroatoms. The van der Waals surface area contributed by atoms with Gasteiger partial charge in [-0.15, -0.1) is 24.8 Å². The SMILES string of the molecule is CS(=O)(=O)c1ccccc1N.Cl.Cl. The number of rotatable bonds is 1. The van der Waals surface area contributed by atoms with Crippen LogP contribution >= 0.6 is 24.8 Å². The van der Waals surface area contributed by atoms with Gasteiger partial charge in [0.2, 0.25) is 0 Å². The zero-order valence-electron chi connectivity index (χ0n) is 6.93. The van der Waals surface area contributed by atoms with Crippen LogP contribution in [0.5, 0.6) is 0 Å². The van der Waals surface area contributed by atoms with Gasteiger partial charge in [-0.25, -0.2) is 8.42 Å². The molecule has 0 unspecified atom stereocenters. The Labute approximate surface area is 90.1 Å². The van der Waals surface area contributed by atoms with E-state index in [1.807, 2.05) is 0 Å². The molecule has 1 aromatic carbocycles. The van der Waals surface area contributed by atoms with Crippen LogP contribution in [-0.4, -0.2) is 14.7 Å². The molecule has 0 fully saturated rings. The van der Waals surface area contributed by atoms with Crippen molar-refractivity contribution >= 4 is 40.3 Å². The van der Waals surface area contributed by atoms with Crippen LogP contribution < -0.4 is 5.73 Å². The number of nitrogen functional groups attached to an aromatic ring is 1. The number of anilines is 1. The van der Waals surface area contributed by atoms with Crippen molar-refractivity contribution in [3.8, 4) is 0 Å². The molecule has 0 aromatic heterocycles. The van der Waals surface area contributed by atoms with Gasteiger partial charge in [-0.2, -0.15) is 0 Å². The Morgan fingerprint density at radius 2 is 1.62 bits per heavy atom. The van der Waals surface area contributed by atoms with Crippen LogP contribution in [0.4, 0.5) is 5.69 Å². The van der Waals surface area contributed by atoms with Crippen LogP contribution in [0.25, 0.3) is 0 Å².